The van der Waals surface area contributed by atoms with E-state index < -0.39 is 12.0 Å². The number of carbonyl (C=O) groups is 2. The second kappa shape index (κ2) is 9.36. The van der Waals surface area contributed by atoms with Gasteiger partial charge in [0, 0.05) is 6.54 Å². The van der Waals surface area contributed by atoms with Crippen molar-refractivity contribution in [3.63, 3.8) is 0 Å². The SMILES string of the molecule is NC(=O)c1ccc(Oc2ccc(Cc3ccccc3CCNC(=O)O)cc2)cn1. The van der Waals surface area contributed by atoms with Crippen molar-refractivity contribution in [1.82, 2.24) is 10.3 Å². The minimum absolute atomic E-state index is 0.185. The van der Waals surface area contributed by atoms with Crippen molar-refractivity contribution in [3.8, 4) is 11.5 Å². The Morgan fingerprint density at radius 2 is 1.66 bits per heavy atom. The highest BCUT2D eigenvalue weighted by molar-refractivity contribution is 5.90. The molecule has 7 nitrogen and oxygen atoms in total. The number of benzene rings is 2. The Hall–Kier alpha value is -3.87. The number of rotatable bonds is 8. The summed E-state index contributed by atoms with van der Waals surface area (Å²) in [5.41, 5.74) is 8.74. The smallest absolute Gasteiger partial charge is 0.404 e. The molecule has 2 aromatic carbocycles. The first-order valence-electron chi connectivity index (χ1n) is 9.07. The van der Waals surface area contributed by atoms with E-state index in [1.807, 2.05) is 48.5 Å². The van der Waals surface area contributed by atoms with Crippen LogP contribution in [0.25, 0.3) is 0 Å². The number of nitrogens with one attached hydrogen (secondary N) is 1. The first-order chi connectivity index (χ1) is 14.0. The van der Waals surface area contributed by atoms with Crippen LogP contribution < -0.4 is 15.8 Å². The van der Waals surface area contributed by atoms with Crippen molar-refractivity contribution in [2.45, 2.75) is 12.8 Å². The minimum atomic E-state index is -1.02. The van der Waals surface area contributed by atoms with Gasteiger partial charge in [0.05, 0.1) is 6.20 Å². The average molecular weight is 391 g/mol. The van der Waals surface area contributed by atoms with Crippen molar-refractivity contribution in [2.75, 3.05) is 6.54 Å². The molecule has 3 rings (SSSR count). The van der Waals surface area contributed by atoms with Gasteiger partial charge in [0.2, 0.25) is 0 Å². The van der Waals surface area contributed by atoms with Gasteiger partial charge in [-0.2, -0.15) is 0 Å². The monoisotopic (exact) mass is 391 g/mol. The molecule has 29 heavy (non-hydrogen) atoms. The maximum Gasteiger partial charge on any atom is 0.404 e. The number of hydrogen-bond donors (Lipinski definition) is 3. The number of aromatic nitrogens is 1. The molecule has 0 spiro atoms. The third kappa shape index (κ3) is 5.80. The molecule has 2 amide bonds. The van der Waals surface area contributed by atoms with Crippen LogP contribution in [0.4, 0.5) is 4.79 Å². The van der Waals surface area contributed by atoms with Crippen LogP contribution >= 0.6 is 0 Å². The number of nitrogens with zero attached hydrogens (tertiary/aromatic N) is 1. The Balaban J connectivity index is 1.63. The Morgan fingerprint density at radius 3 is 2.28 bits per heavy atom. The van der Waals surface area contributed by atoms with Crippen LogP contribution in [0.1, 0.15) is 27.2 Å². The van der Waals surface area contributed by atoms with Crippen LogP contribution in [0.15, 0.2) is 66.9 Å². The van der Waals surface area contributed by atoms with Gasteiger partial charge in [-0.05, 0) is 53.8 Å². The van der Waals surface area contributed by atoms with Crippen LogP contribution in [0.2, 0.25) is 0 Å². The lowest BCUT2D eigenvalue weighted by atomic mass is 9.98. The molecule has 0 bridgehead atoms. The Kier molecular flexibility index (Phi) is 6.42. The Labute approximate surface area is 168 Å². The maximum atomic E-state index is 11.1. The van der Waals surface area contributed by atoms with E-state index in [4.69, 9.17) is 15.6 Å². The van der Waals surface area contributed by atoms with Gasteiger partial charge in [-0.1, -0.05) is 36.4 Å². The molecule has 0 saturated carbocycles. The van der Waals surface area contributed by atoms with Crippen molar-refractivity contribution < 1.29 is 19.4 Å². The molecule has 0 aliphatic heterocycles. The van der Waals surface area contributed by atoms with Gasteiger partial charge in [0.25, 0.3) is 5.91 Å². The summed E-state index contributed by atoms with van der Waals surface area (Å²) in [6, 6.07) is 18.8. The van der Waals surface area contributed by atoms with E-state index in [0.29, 0.717) is 24.5 Å². The normalized spacial score (nSPS) is 10.3. The van der Waals surface area contributed by atoms with Gasteiger partial charge in [-0.15, -0.1) is 0 Å². The highest BCUT2D eigenvalue weighted by Crippen LogP contribution is 2.22. The average Bonchev–Trinajstić information content (AvgIpc) is 2.71. The van der Waals surface area contributed by atoms with Crippen molar-refractivity contribution in [1.29, 1.82) is 0 Å². The van der Waals surface area contributed by atoms with Gasteiger partial charge in [-0.25, -0.2) is 9.78 Å². The highest BCUT2D eigenvalue weighted by Gasteiger charge is 2.06. The molecule has 3 aromatic rings. The van der Waals surface area contributed by atoms with Crippen molar-refractivity contribution in [2.24, 2.45) is 5.73 Å². The first-order valence-corrected chi connectivity index (χ1v) is 9.07. The van der Waals surface area contributed by atoms with E-state index in [9.17, 15) is 9.59 Å². The van der Waals surface area contributed by atoms with E-state index in [1.54, 1.807) is 6.07 Å². The Bertz CT molecular complexity index is 986. The summed E-state index contributed by atoms with van der Waals surface area (Å²) in [6.45, 7) is 0.377. The molecule has 0 radical (unpaired) electrons. The fourth-order valence-corrected chi connectivity index (χ4v) is 2.90. The summed E-state index contributed by atoms with van der Waals surface area (Å²) in [7, 11) is 0. The number of ether oxygens (including phenoxy) is 1. The zero-order valence-corrected chi connectivity index (χ0v) is 15.7. The van der Waals surface area contributed by atoms with E-state index >= 15 is 0 Å². The summed E-state index contributed by atoms with van der Waals surface area (Å²) < 4.78 is 5.74. The lowest BCUT2D eigenvalue weighted by Gasteiger charge is -2.11. The van der Waals surface area contributed by atoms with Gasteiger partial charge in [-0.3, -0.25) is 4.79 Å². The minimum Gasteiger partial charge on any atom is -0.465 e. The molecule has 7 heteroatoms. The zero-order chi connectivity index (χ0) is 20.6. The summed E-state index contributed by atoms with van der Waals surface area (Å²) in [5, 5.41) is 11.1. The summed E-state index contributed by atoms with van der Waals surface area (Å²) in [6.07, 6.45) is 1.81. The first kappa shape index (κ1) is 19.9. The molecule has 0 unspecified atom stereocenters. The van der Waals surface area contributed by atoms with Crippen LogP contribution in [0.5, 0.6) is 11.5 Å². The topological polar surface area (TPSA) is 115 Å². The summed E-state index contributed by atoms with van der Waals surface area (Å²) in [5.74, 6) is 0.584. The molecule has 0 saturated heterocycles. The van der Waals surface area contributed by atoms with Crippen LogP contribution in [0.3, 0.4) is 0 Å². The zero-order valence-electron chi connectivity index (χ0n) is 15.7. The lowest BCUT2D eigenvalue weighted by Crippen LogP contribution is -2.23. The third-order valence-electron chi connectivity index (χ3n) is 4.33. The fourth-order valence-electron chi connectivity index (χ4n) is 2.90. The standard InChI is InChI=1S/C22H21N3O4/c23-21(26)20-10-9-19(14-25-20)29-18-7-5-15(6-8-18)13-17-4-2-1-3-16(17)11-12-24-22(27)28/h1-10,14,24H,11-13H2,(H2,23,26)(H,27,28). The molecule has 0 atom stereocenters. The lowest BCUT2D eigenvalue weighted by molar-refractivity contribution is 0.0995. The van der Waals surface area contributed by atoms with Gasteiger partial charge >= 0.3 is 6.09 Å². The number of amides is 2. The fraction of sp³-hybridized carbons (Fsp3) is 0.136. The molecule has 0 aliphatic rings. The molecule has 0 aliphatic carbocycles. The predicted octanol–water partition coefficient (Wildman–Crippen LogP) is 3.37. The molecule has 4 N–H and O–H groups in total. The van der Waals surface area contributed by atoms with E-state index in [0.717, 1.165) is 23.1 Å². The largest absolute Gasteiger partial charge is 0.465 e. The van der Waals surface area contributed by atoms with Gasteiger partial charge < -0.3 is 20.9 Å². The third-order valence-corrected chi connectivity index (χ3v) is 4.33. The molecular weight excluding hydrogens is 370 g/mol. The van der Waals surface area contributed by atoms with Crippen molar-refractivity contribution >= 4 is 12.0 Å². The number of pyridine rings is 1. The second-order valence-electron chi connectivity index (χ2n) is 6.42. The molecule has 1 aromatic heterocycles. The molecular formula is C22H21N3O4. The predicted molar refractivity (Wildman–Crippen MR) is 108 cm³/mol. The van der Waals surface area contributed by atoms with Gasteiger partial charge in [0.15, 0.2) is 0 Å². The van der Waals surface area contributed by atoms with Crippen LogP contribution in [-0.2, 0) is 12.8 Å². The number of nitrogens with two attached hydrogens (primary N) is 1. The Morgan fingerprint density at radius 1 is 0.966 bits per heavy atom. The summed E-state index contributed by atoms with van der Waals surface area (Å²) in [4.78, 5) is 25.6. The van der Waals surface area contributed by atoms with E-state index in [1.165, 1.54) is 12.3 Å². The highest BCUT2D eigenvalue weighted by atomic mass is 16.5. The van der Waals surface area contributed by atoms with Gasteiger partial charge in [0.1, 0.15) is 17.2 Å². The quantitative estimate of drug-likeness (QED) is 0.545. The second-order valence-corrected chi connectivity index (χ2v) is 6.42. The summed E-state index contributed by atoms with van der Waals surface area (Å²) >= 11 is 0. The number of primary amides is 1. The van der Waals surface area contributed by atoms with Crippen LogP contribution in [0, 0.1) is 0 Å². The van der Waals surface area contributed by atoms with Crippen LogP contribution in [-0.4, -0.2) is 28.6 Å². The maximum absolute atomic E-state index is 11.1. The van der Waals surface area contributed by atoms with Crippen molar-refractivity contribution in [3.05, 3.63) is 89.2 Å². The number of carboxylic acid groups (broad SMARTS) is 1. The number of hydrogen-bond acceptors (Lipinski definition) is 4. The van der Waals surface area contributed by atoms with E-state index in [-0.39, 0.29) is 5.69 Å². The molecule has 148 valence electrons. The molecule has 1 heterocycles. The van der Waals surface area contributed by atoms with E-state index in [2.05, 4.69) is 10.3 Å². The molecule has 0 fully saturated rings. The number of carbonyl (C=O) groups excluding carboxylic acids is 1.